The van der Waals surface area contributed by atoms with E-state index in [0.29, 0.717) is 22.7 Å². The van der Waals surface area contributed by atoms with Crippen molar-refractivity contribution in [3.8, 4) is 11.5 Å². The molecule has 0 saturated heterocycles. The normalized spacial score (nSPS) is 13.6. The van der Waals surface area contributed by atoms with E-state index in [1.807, 2.05) is 39.0 Å². The third-order valence-corrected chi connectivity index (χ3v) is 5.74. The summed E-state index contributed by atoms with van der Waals surface area (Å²) in [7, 11) is 0. The fraction of sp³-hybridized carbons (Fsp3) is 0.308. The molecule has 0 bridgehead atoms. The first-order chi connectivity index (χ1) is 16.9. The number of nitrogens with zero attached hydrogens (tertiary/aromatic N) is 2. The largest absolute Gasteiger partial charge is 0.485 e. The Morgan fingerprint density at radius 1 is 1.23 bits per heavy atom. The number of carbonyl (C=O) groups excluding carboxylic acids is 3. The van der Waals surface area contributed by atoms with Crippen LogP contribution in [-0.4, -0.2) is 41.8 Å². The molecule has 1 aromatic heterocycles. The van der Waals surface area contributed by atoms with Crippen LogP contribution < -0.4 is 19.7 Å². The van der Waals surface area contributed by atoms with Crippen molar-refractivity contribution < 1.29 is 28.3 Å². The number of ether oxygens (including phenoxy) is 2. The number of nitrogens with one attached hydrogen (secondary N) is 1. The lowest BCUT2D eigenvalue weighted by molar-refractivity contribution is -0.121. The summed E-state index contributed by atoms with van der Waals surface area (Å²) in [5.41, 5.74) is 1.87. The number of carbonyl (C=O) groups is 3. The zero-order valence-corrected chi connectivity index (χ0v) is 19.9. The van der Waals surface area contributed by atoms with Gasteiger partial charge in [-0.25, -0.2) is 4.98 Å². The van der Waals surface area contributed by atoms with Crippen LogP contribution in [0.4, 0.5) is 5.69 Å². The van der Waals surface area contributed by atoms with Crippen LogP contribution in [-0.2, 0) is 11.3 Å². The van der Waals surface area contributed by atoms with Gasteiger partial charge in [-0.15, -0.1) is 0 Å². The zero-order chi connectivity index (χ0) is 24.9. The number of anilines is 1. The Kier molecular flexibility index (Phi) is 7.14. The molecule has 1 N–H and O–H groups in total. The molecular weight excluding hydrogens is 450 g/mol. The highest BCUT2D eigenvalue weighted by atomic mass is 16.5. The predicted octanol–water partition coefficient (Wildman–Crippen LogP) is 3.70. The predicted molar refractivity (Wildman–Crippen MR) is 128 cm³/mol. The minimum Gasteiger partial charge on any atom is -0.485 e. The fourth-order valence-electron chi connectivity index (χ4n) is 3.52. The minimum absolute atomic E-state index is 0.00101. The minimum atomic E-state index is -0.343. The number of rotatable bonds is 9. The van der Waals surface area contributed by atoms with Gasteiger partial charge in [0.1, 0.15) is 24.3 Å². The third kappa shape index (κ3) is 5.51. The van der Waals surface area contributed by atoms with E-state index in [1.54, 1.807) is 24.3 Å². The molecule has 2 aromatic carbocycles. The van der Waals surface area contributed by atoms with Crippen molar-refractivity contribution in [3.63, 3.8) is 0 Å². The maximum atomic E-state index is 12.8. The molecule has 0 aliphatic carbocycles. The van der Waals surface area contributed by atoms with E-state index in [2.05, 4.69) is 10.3 Å². The second-order valence-corrected chi connectivity index (χ2v) is 8.34. The number of ketones is 1. The molecule has 9 heteroatoms. The highest BCUT2D eigenvalue weighted by Crippen LogP contribution is 2.34. The van der Waals surface area contributed by atoms with E-state index in [0.717, 1.165) is 12.0 Å². The number of hydrogen-bond acceptors (Lipinski definition) is 7. The number of Topliss-reactive ketones (excluding diaryl/α,β-unsaturated/α-hetero) is 1. The Balaban J connectivity index is 1.50. The van der Waals surface area contributed by atoms with Gasteiger partial charge in [0.25, 0.3) is 11.8 Å². The molecule has 0 radical (unpaired) electrons. The summed E-state index contributed by atoms with van der Waals surface area (Å²) >= 11 is 0. The maximum absolute atomic E-state index is 12.8. The number of amides is 2. The van der Waals surface area contributed by atoms with Gasteiger partial charge in [0.05, 0.1) is 5.69 Å². The molecule has 1 atom stereocenters. The van der Waals surface area contributed by atoms with Crippen LogP contribution in [0.15, 0.2) is 53.1 Å². The van der Waals surface area contributed by atoms with E-state index >= 15 is 0 Å². The summed E-state index contributed by atoms with van der Waals surface area (Å²) in [5.74, 6) is 0.388. The molecule has 1 aliphatic heterocycles. The summed E-state index contributed by atoms with van der Waals surface area (Å²) < 4.78 is 16.7. The van der Waals surface area contributed by atoms with Gasteiger partial charge in [-0.2, -0.15) is 0 Å². The van der Waals surface area contributed by atoms with Crippen LogP contribution in [0.25, 0.3) is 0 Å². The number of aryl methyl sites for hydroxylation is 1. The molecule has 1 aliphatic rings. The van der Waals surface area contributed by atoms with Gasteiger partial charge in [0.15, 0.2) is 24.7 Å². The van der Waals surface area contributed by atoms with Crippen LogP contribution in [0.2, 0.25) is 0 Å². The standard InChI is InChI=1S/C26H27N3O6/c1-4-17(3)27-26(32)19-13-35-24(28-19)12-29-20-11-18(9-10-23(20)34-15-25(29)31)21(30)14-33-22-8-6-5-7-16(22)2/h5-11,13,17H,4,12,14-15H2,1-3H3,(H,27,32)/t17-/m1/s1. The molecular formula is C26H27N3O6. The molecule has 4 rings (SSSR count). The average Bonchev–Trinajstić information content (AvgIpc) is 3.33. The van der Waals surface area contributed by atoms with Gasteiger partial charge >= 0.3 is 0 Å². The smallest absolute Gasteiger partial charge is 0.273 e. The van der Waals surface area contributed by atoms with Gasteiger partial charge < -0.3 is 19.2 Å². The first-order valence-corrected chi connectivity index (χ1v) is 11.4. The Hall–Kier alpha value is -4.14. The summed E-state index contributed by atoms with van der Waals surface area (Å²) in [6.07, 6.45) is 2.05. The van der Waals surface area contributed by atoms with Crippen molar-refractivity contribution in [1.29, 1.82) is 0 Å². The van der Waals surface area contributed by atoms with Crippen molar-refractivity contribution in [2.75, 3.05) is 18.1 Å². The topological polar surface area (TPSA) is 111 Å². The van der Waals surface area contributed by atoms with E-state index in [-0.39, 0.29) is 55.0 Å². The highest BCUT2D eigenvalue weighted by Gasteiger charge is 2.28. The SMILES string of the molecule is CC[C@@H](C)NC(=O)c1coc(CN2C(=O)COc3ccc(C(=O)COc4ccccc4C)cc32)n1. The quantitative estimate of drug-likeness (QED) is 0.468. The molecule has 35 heavy (non-hydrogen) atoms. The summed E-state index contributed by atoms with van der Waals surface area (Å²) in [5, 5.41) is 2.82. The van der Waals surface area contributed by atoms with Gasteiger partial charge in [-0.05, 0) is 50.1 Å². The lowest BCUT2D eigenvalue weighted by Crippen LogP contribution is -2.38. The third-order valence-electron chi connectivity index (χ3n) is 5.74. The van der Waals surface area contributed by atoms with E-state index in [1.165, 1.54) is 11.2 Å². The Morgan fingerprint density at radius 2 is 2.03 bits per heavy atom. The van der Waals surface area contributed by atoms with Crippen molar-refractivity contribution in [3.05, 3.63) is 71.4 Å². The summed E-state index contributed by atoms with van der Waals surface area (Å²) in [4.78, 5) is 43.4. The lowest BCUT2D eigenvalue weighted by Gasteiger charge is -2.28. The Bertz CT molecular complexity index is 1250. The number of aromatic nitrogens is 1. The molecule has 2 heterocycles. The number of hydrogen-bond donors (Lipinski definition) is 1. The molecule has 3 aromatic rings. The number of fused-ring (bicyclic) bond motifs is 1. The molecule has 2 amide bonds. The molecule has 9 nitrogen and oxygen atoms in total. The highest BCUT2D eigenvalue weighted by molar-refractivity contribution is 6.02. The zero-order valence-electron chi connectivity index (χ0n) is 19.9. The number of para-hydroxylation sites is 1. The summed E-state index contributed by atoms with van der Waals surface area (Å²) in [6.45, 7) is 5.46. The number of oxazole rings is 1. The van der Waals surface area contributed by atoms with Gasteiger partial charge in [-0.1, -0.05) is 25.1 Å². The van der Waals surface area contributed by atoms with Gasteiger partial charge in [-0.3, -0.25) is 19.3 Å². The molecule has 0 unspecified atom stereocenters. The van der Waals surface area contributed by atoms with Crippen LogP contribution in [0.1, 0.15) is 52.6 Å². The van der Waals surface area contributed by atoms with Crippen molar-refractivity contribution in [2.24, 2.45) is 0 Å². The number of benzene rings is 2. The monoisotopic (exact) mass is 477 g/mol. The average molecular weight is 478 g/mol. The molecule has 182 valence electrons. The second-order valence-electron chi connectivity index (χ2n) is 8.34. The lowest BCUT2D eigenvalue weighted by atomic mass is 10.1. The van der Waals surface area contributed by atoms with Gasteiger partial charge in [0.2, 0.25) is 5.89 Å². The Morgan fingerprint density at radius 3 is 2.80 bits per heavy atom. The van der Waals surface area contributed by atoms with E-state index in [4.69, 9.17) is 13.9 Å². The first-order valence-electron chi connectivity index (χ1n) is 11.4. The first kappa shape index (κ1) is 24.0. The van der Waals surface area contributed by atoms with Crippen molar-refractivity contribution in [2.45, 2.75) is 39.8 Å². The summed E-state index contributed by atoms with van der Waals surface area (Å²) in [6, 6.07) is 12.3. The molecule has 0 fully saturated rings. The molecule has 0 spiro atoms. The van der Waals surface area contributed by atoms with Gasteiger partial charge in [0, 0.05) is 11.6 Å². The van der Waals surface area contributed by atoms with Crippen LogP contribution in [0, 0.1) is 6.92 Å². The van der Waals surface area contributed by atoms with Crippen LogP contribution in [0.3, 0.4) is 0 Å². The molecule has 0 saturated carbocycles. The van der Waals surface area contributed by atoms with E-state index < -0.39 is 0 Å². The fourth-order valence-corrected chi connectivity index (χ4v) is 3.52. The van der Waals surface area contributed by atoms with E-state index in [9.17, 15) is 14.4 Å². The second kappa shape index (κ2) is 10.4. The van der Waals surface area contributed by atoms with Crippen LogP contribution in [0.5, 0.6) is 11.5 Å². The van der Waals surface area contributed by atoms with Crippen molar-refractivity contribution in [1.82, 2.24) is 10.3 Å². The maximum Gasteiger partial charge on any atom is 0.273 e. The van der Waals surface area contributed by atoms with Crippen molar-refractivity contribution >= 4 is 23.3 Å². The van der Waals surface area contributed by atoms with Crippen LogP contribution >= 0.6 is 0 Å². The Labute approximate surface area is 203 Å².